The third-order valence-electron chi connectivity index (χ3n) is 5.84. The van der Waals surface area contributed by atoms with Gasteiger partial charge in [0.15, 0.2) is 0 Å². The van der Waals surface area contributed by atoms with Crippen LogP contribution in [0.15, 0.2) is 28.9 Å². The number of hydrogen-bond donors (Lipinski definition) is 2. The molecule has 1 aromatic rings. The standard InChI is InChI=1S/C24H37NO5/c1-17(8-5-4-6-11-24(28)29)15-25-22(9-7-10-23(25)27)19(3)13-20(26)14-21-12-18(2)16-30-21/h5,8,12,16-17,19-20,22,26H,4,6-7,9-11,13-15H2,1-3H3,(H,28,29)/b8-5-/t17-,19+,20?,22-/m1/s1. The van der Waals surface area contributed by atoms with Gasteiger partial charge < -0.3 is 19.5 Å². The van der Waals surface area contributed by atoms with E-state index in [0.717, 1.165) is 30.6 Å². The largest absolute Gasteiger partial charge is 0.481 e. The van der Waals surface area contributed by atoms with E-state index in [9.17, 15) is 14.7 Å². The molecule has 1 fully saturated rings. The molecule has 1 unspecified atom stereocenters. The van der Waals surface area contributed by atoms with E-state index < -0.39 is 12.1 Å². The first-order chi connectivity index (χ1) is 14.3. The summed E-state index contributed by atoms with van der Waals surface area (Å²) in [5.74, 6) is 0.636. The van der Waals surface area contributed by atoms with Crippen LogP contribution in [0.4, 0.5) is 0 Å². The Bertz CT molecular complexity index is 710. The molecule has 6 heteroatoms. The van der Waals surface area contributed by atoms with E-state index in [-0.39, 0.29) is 30.2 Å². The number of allylic oxidation sites excluding steroid dienone is 1. The molecule has 0 aliphatic carbocycles. The quantitative estimate of drug-likeness (QED) is 0.388. The van der Waals surface area contributed by atoms with Crippen molar-refractivity contribution in [2.45, 2.75) is 84.3 Å². The summed E-state index contributed by atoms with van der Waals surface area (Å²) in [4.78, 5) is 25.2. The molecule has 168 valence electrons. The molecule has 30 heavy (non-hydrogen) atoms. The zero-order valence-corrected chi connectivity index (χ0v) is 18.5. The second kappa shape index (κ2) is 11.9. The minimum absolute atomic E-state index is 0.141. The third kappa shape index (κ3) is 7.98. The first-order valence-electron chi connectivity index (χ1n) is 11.2. The lowest BCUT2D eigenvalue weighted by Crippen LogP contribution is -2.49. The number of hydrogen-bond acceptors (Lipinski definition) is 4. The fraction of sp³-hybridized carbons (Fsp3) is 0.667. The highest BCUT2D eigenvalue weighted by atomic mass is 16.4. The Kier molecular flexibility index (Phi) is 9.63. The maximum atomic E-state index is 12.6. The number of amides is 1. The number of likely N-dealkylation sites (tertiary alicyclic amines) is 1. The molecule has 1 aliphatic rings. The number of carboxylic acid groups (broad SMARTS) is 1. The Morgan fingerprint density at radius 3 is 2.83 bits per heavy atom. The van der Waals surface area contributed by atoms with Crippen molar-refractivity contribution in [3.8, 4) is 0 Å². The van der Waals surface area contributed by atoms with Crippen molar-refractivity contribution in [3.05, 3.63) is 35.8 Å². The van der Waals surface area contributed by atoms with Gasteiger partial charge in [-0.1, -0.05) is 26.0 Å². The summed E-state index contributed by atoms with van der Waals surface area (Å²) >= 11 is 0. The number of aliphatic carboxylic acids is 1. The lowest BCUT2D eigenvalue weighted by molar-refractivity contribution is -0.139. The highest BCUT2D eigenvalue weighted by Gasteiger charge is 2.33. The topological polar surface area (TPSA) is 91.0 Å². The fourth-order valence-electron chi connectivity index (χ4n) is 4.35. The summed E-state index contributed by atoms with van der Waals surface area (Å²) in [5, 5.41) is 19.2. The van der Waals surface area contributed by atoms with Gasteiger partial charge in [-0.05, 0) is 62.5 Å². The zero-order valence-electron chi connectivity index (χ0n) is 18.5. The van der Waals surface area contributed by atoms with Crippen LogP contribution in [-0.4, -0.2) is 45.7 Å². The number of carbonyl (C=O) groups excluding carboxylic acids is 1. The number of carboxylic acids is 1. The van der Waals surface area contributed by atoms with Gasteiger partial charge in [-0.25, -0.2) is 0 Å². The van der Waals surface area contributed by atoms with Crippen molar-refractivity contribution in [1.82, 2.24) is 4.90 Å². The van der Waals surface area contributed by atoms with Crippen LogP contribution < -0.4 is 0 Å². The summed E-state index contributed by atoms with van der Waals surface area (Å²) in [6, 6.07) is 2.09. The fourth-order valence-corrected chi connectivity index (χ4v) is 4.35. The number of aryl methyl sites for hydroxylation is 1. The van der Waals surface area contributed by atoms with Crippen molar-refractivity contribution in [2.75, 3.05) is 6.54 Å². The molecule has 0 spiro atoms. The number of rotatable bonds is 12. The number of carbonyl (C=O) groups is 2. The van der Waals surface area contributed by atoms with Crippen LogP contribution in [0.1, 0.15) is 70.1 Å². The number of furan rings is 1. The van der Waals surface area contributed by atoms with Crippen molar-refractivity contribution in [3.63, 3.8) is 0 Å². The highest BCUT2D eigenvalue weighted by Crippen LogP contribution is 2.28. The maximum absolute atomic E-state index is 12.6. The predicted molar refractivity (Wildman–Crippen MR) is 116 cm³/mol. The molecule has 0 bridgehead atoms. The molecule has 1 aliphatic heterocycles. The van der Waals surface area contributed by atoms with Crippen LogP contribution in [0.2, 0.25) is 0 Å². The molecular weight excluding hydrogens is 382 g/mol. The summed E-state index contributed by atoms with van der Waals surface area (Å²) in [5.41, 5.74) is 1.05. The van der Waals surface area contributed by atoms with E-state index in [1.165, 1.54) is 0 Å². The average molecular weight is 420 g/mol. The number of unbranched alkanes of at least 4 members (excludes halogenated alkanes) is 1. The number of piperidine rings is 1. The molecule has 2 heterocycles. The van der Waals surface area contributed by atoms with Gasteiger partial charge >= 0.3 is 5.97 Å². The first kappa shape index (κ1) is 24.2. The van der Waals surface area contributed by atoms with E-state index in [1.54, 1.807) is 6.26 Å². The Labute approximate surface area is 180 Å². The second-order valence-electron chi connectivity index (χ2n) is 8.86. The number of aliphatic hydroxyl groups is 1. The Balaban J connectivity index is 1.88. The first-order valence-corrected chi connectivity index (χ1v) is 11.2. The van der Waals surface area contributed by atoms with Crippen molar-refractivity contribution < 1.29 is 24.2 Å². The third-order valence-corrected chi connectivity index (χ3v) is 5.84. The molecule has 1 aromatic heterocycles. The molecule has 4 atom stereocenters. The molecule has 2 N–H and O–H groups in total. The minimum Gasteiger partial charge on any atom is -0.481 e. The van der Waals surface area contributed by atoms with Crippen LogP contribution in [0, 0.1) is 18.8 Å². The zero-order chi connectivity index (χ0) is 22.1. The average Bonchev–Trinajstić information content (AvgIpc) is 3.07. The van der Waals surface area contributed by atoms with Crippen molar-refractivity contribution in [2.24, 2.45) is 11.8 Å². The number of nitrogens with zero attached hydrogens (tertiary/aromatic N) is 1. The van der Waals surface area contributed by atoms with Crippen LogP contribution in [0.3, 0.4) is 0 Å². The maximum Gasteiger partial charge on any atom is 0.303 e. The molecular formula is C24H37NO5. The summed E-state index contributed by atoms with van der Waals surface area (Å²) in [7, 11) is 0. The van der Waals surface area contributed by atoms with Gasteiger partial charge in [-0.15, -0.1) is 0 Å². The van der Waals surface area contributed by atoms with Gasteiger partial charge in [0, 0.05) is 31.8 Å². The highest BCUT2D eigenvalue weighted by molar-refractivity contribution is 5.77. The Morgan fingerprint density at radius 1 is 1.40 bits per heavy atom. The van der Waals surface area contributed by atoms with Gasteiger partial charge in [0.05, 0.1) is 12.4 Å². The van der Waals surface area contributed by atoms with E-state index in [2.05, 4.69) is 19.9 Å². The van der Waals surface area contributed by atoms with Gasteiger partial charge in [-0.3, -0.25) is 9.59 Å². The van der Waals surface area contributed by atoms with E-state index in [4.69, 9.17) is 9.52 Å². The van der Waals surface area contributed by atoms with Gasteiger partial charge in [-0.2, -0.15) is 0 Å². The summed E-state index contributed by atoms with van der Waals surface area (Å²) in [6.45, 7) is 6.84. The number of aliphatic hydroxyl groups excluding tert-OH is 1. The molecule has 2 rings (SSSR count). The van der Waals surface area contributed by atoms with E-state index >= 15 is 0 Å². The van der Waals surface area contributed by atoms with Crippen molar-refractivity contribution in [1.29, 1.82) is 0 Å². The van der Waals surface area contributed by atoms with Crippen LogP contribution in [0.5, 0.6) is 0 Å². The van der Waals surface area contributed by atoms with Crippen LogP contribution in [0.25, 0.3) is 0 Å². The molecule has 6 nitrogen and oxygen atoms in total. The molecule has 1 saturated heterocycles. The smallest absolute Gasteiger partial charge is 0.303 e. The molecule has 0 saturated carbocycles. The van der Waals surface area contributed by atoms with Crippen LogP contribution in [-0.2, 0) is 16.0 Å². The van der Waals surface area contributed by atoms with Crippen LogP contribution >= 0.6 is 0 Å². The predicted octanol–water partition coefficient (Wildman–Crippen LogP) is 4.35. The molecule has 0 aromatic carbocycles. The van der Waals surface area contributed by atoms with E-state index in [0.29, 0.717) is 32.2 Å². The van der Waals surface area contributed by atoms with Gasteiger partial charge in [0.1, 0.15) is 5.76 Å². The monoisotopic (exact) mass is 419 g/mol. The minimum atomic E-state index is -0.767. The SMILES string of the molecule is Cc1coc(CC(O)C[C@H](C)[C@H]2CCCC(=O)N2C[C@H](C)/C=C\CCCC(=O)O)c1. The second-order valence-corrected chi connectivity index (χ2v) is 8.86. The molecule has 1 amide bonds. The van der Waals surface area contributed by atoms with E-state index in [1.807, 2.05) is 24.0 Å². The summed E-state index contributed by atoms with van der Waals surface area (Å²) in [6.07, 6.45) is 10.5. The Morgan fingerprint density at radius 2 is 2.17 bits per heavy atom. The van der Waals surface area contributed by atoms with Crippen molar-refractivity contribution >= 4 is 11.9 Å². The van der Waals surface area contributed by atoms with Gasteiger partial charge in [0.2, 0.25) is 5.91 Å². The summed E-state index contributed by atoms with van der Waals surface area (Å²) < 4.78 is 5.46. The normalized spacial score (nSPS) is 20.5. The Hall–Kier alpha value is -2.08. The van der Waals surface area contributed by atoms with Gasteiger partial charge in [0.25, 0.3) is 0 Å². The molecule has 0 radical (unpaired) electrons. The lowest BCUT2D eigenvalue weighted by atomic mass is 9.86. The lowest BCUT2D eigenvalue weighted by Gasteiger charge is -2.40.